The molecule has 0 saturated heterocycles. The smallest absolute Gasteiger partial charge is 0.311 e. The van der Waals surface area contributed by atoms with Gasteiger partial charge in [-0.3, -0.25) is 9.59 Å². The van der Waals surface area contributed by atoms with E-state index >= 15 is 0 Å². The van der Waals surface area contributed by atoms with Crippen LogP contribution in [0.15, 0.2) is 48.5 Å². The summed E-state index contributed by atoms with van der Waals surface area (Å²) in [7, 11) is 0. The van der Waals surface area contributed by atoms with Gasteiger partial charge >= 0.3 is 11.9 Å². The molecule has 4 nitrogen and oxygen atoms in total. The topological polar surface area (TPSA) is 52.6 Å². The van der Waals surface area contributed by atoms with Crippen molar-refractivity contribution < 1.29 is 19.1 Å². The SMILES string of the molecule is Cc1cccc(OC(=O)CCCCCCCCC(=O)Oc2cccc(C)c2)c1. The van der Waals surface area contributed by atoms with Crippen LogP contribution in [0.2, 0.25) is 0 Å². The van der Waals surface area contributed by atoms with Crippen molar-refractivity contribution in [2.45, 2.75) is 65.2 Å². The predicted octanol–water partition coefficient (Wildman–Crippen LogP) is 5.94. The highest BCUT2D eigenvalue weighted by Gasteiger charge is 2.06. The molecule has 0 aliphatic rings. The summed E-state index contributed by atoms with van der Waals surface area (Å²) in [5.74, 6) is 0.874. The van der Waals surface area contributed by atoms with Crippen molar-refractivity contribution in [1.29, 1.82) is 0 Å². The number of esters is 2. The third kappa shape index (κ3) is 8.85. The maximum absolute atomic E-state index is 11.8. The average Bonchev–Trinajstić information content (AvgIpc) is 2.64. The number of rotatable bonds is 11. The van der Waals surface area contributed by atoms with Gasteiger partial charge in [-0.15, -0.1) is 0 Å². The lowest BCUT2D eigenvalue weighted by atomic mass is 10.1. The Morgan fingerprint density at radius 2 is 1.04 bits per heavy atom. The fourth-order valence-corrected chi connectivity index (χ4v) is 2.97. The van der Waals surface area contributed by atoms with E-state index in [-0.39, 0.29) is 11.9 Å². The van der Waals surface area contributed by atoms with Crippen molar-refractivity contribution in [3.63, 3.8) is 0 Å². The zero-order valence-corrected chi connectivity index (χ0v) is 16.9. The lowest BCUT2D eigenvalue weighted by molar-refractivity contribution is -0.135. The summed E-state index contributed by atoms with van der Waals surface area (Å²) < 4.78 is 10.7. The van der Waals surface area contributed by atoms with Crippen molar-refractivity contribution >= 4 is 11.9 Å². The third-order valence-electron chi connectivity index (χ3n) is 4.45. The molecule has 28 heavy (non-hydrogen) atoms. The van der Waals surface area contributed by atoms with Gasteiger partial charge in [-0.2, -0.15) is 0 Å². The van der Waals surface area contributed by atoms with Gasteiger partial charge < -0.3 is 9.47 Å². The van der Waals surface area contributed by atoms with E-state index in [0.29, 0.717) is 24.3 Å². The molecule has 0 unspecified atom stereocenters. The number of hydrogen-bond donors (Lipinski definition) is 0. The molecule has 0 bridgehead atoms. The minimum Gasteiger partial charge on any atom is -0.427 e. The number of benzene rings is 2. The van der Waals surface area contributed by atoms with Crippen molar-refractivity contribution in [1.82, 2.24) is 0 Å². The van der Waals surface area contributed by atoms with E-state index in [9.17, 15) is 9.59 Å². The van der Waals surface area contributed by atoms with E-state index in [2.05, 4.69) is 0 Å². The highest BCUT2D eigenvalue weighted by atomic mass is 16.5. The Morgan fingerprint density at radius 3 is 1.43 bits per heavy atom. The molecule has 0 aliphatic carbocycles. The van der Waals surface area contributed by atoms with E-state index in [0.717, 1.165) is 49.7 Å². The maximum atomic E-state index is 11.8. The maximum Gasteiger partial charge on any atom is 0.311 e. The fourth-order valence-electron chi connectivity index (χ4n) is 2.97. The molecule has 2 aromatic carbocycles. The van der Waals surface area contributed by atoms with Gasteiger partial charge in [0.25, 0.3) is 0 Å². The normalized spacial score (nSPS) is 10.5. The molecule has 2 aromatic rings. The van der Waals surface area contributed by atoms with Gasteiger partial charge in [0.15, 0.2) is 0 Å². The van der Waals surface area contributed by atoms with Gasteiger partial charge in [-0.1, -0.05) is 49.9 Å². The minimum absolute atomic E-state index is 0.176. The molecule has 0 saturated carbocycles. The monoisotopic (exact) mass is 382 g/mol. The van der Waals surface area contributed by atoms with Crippen LogP contribution >= 0.6 is 0 Å². The predicted molar refractivity (Wildman–Crippen MR) is 111 cm³/mol. The second kappa shape index (κ2) is 12.0. The number of carbonyl (C=O) groups excluding carboxylic acids is 2. The van der Waals surface area contributed by atoms with Crippen molar-refractivity contribution in [3.05, 3.63) is 59.7 Å². The number of hydrogen-bond acceptors (Lipinski definition) is 4. The second-order valence-electron chi connectivity index (χ2n) is 7.20. The van der Waals surface area contributed by atoms with E-state index in [1.807, 2.05) is 50.2 Å². The van der Waals surface area contributed by atoms with Gasteiger partial charge in [-0.05, 0) is 62.1 Å². The molecule has 0 aliphatic heterocycles. The van der Waals surface area contributed by atoms with E-state index in [1.165, 1.54) is 0 Å². The molecule has 0 radical (unpaired) electrons. The third-order valence-corrected chi connectivity index (χ3v) is 4.45. The summed E-state index contributed by atoms with van der Waals surface area (Å²) in [5.41, 5.74) is 2.15. The molecule has 0 spiro atoms. The van der Waals surface area contributed by atoms with E-state index in [4.69, 9.17) is 9.47 Å². The lowest BCUT2D eigenvalue weighted by Crippen LogP contribution is -2.07. The fraction of sp³-hybridized carbons (Fsp3) is 0.417. The molecule has 0 heterocycles. The molecule has 2 rings (SSSR count). The Morgan fingerprint density at radius 1 is 0.643 bits per heavy atom. The van der Waals surface area contributed by atoms with Crippen LogP contribution in [-0.2, 0) is 9.59 Å². The van der Waals surface area contributed by atoms with Crippen molar-refractivity contribution in [2.75, 3.05) is 0 Å². The van der Waals surface area contributed by atoms with Crippen LogP contribution in [0.3, 0.4) is 0 Å². The van der Waals surface area contributed by atoms with Crippen LogP contribution in [-0.4, -0.2) is 11.9 Å². The highest BCUT2D eigenvalue weighted by molar-refractivity contribution is 5.72. The van der Waals surface area contributed by atoms with Crippen LogP contribution in [0.5, 0.6) is 11.5 Å². The van der Waals surface area contributed by atoms with Gasteiger partial charge in [0, 0.05) is 12.8 Å². The number of ether oxygens (including phenoxy) is 2. The quantitative estimate of drug-likeness (QED) is 0.274. The van der Waals surface area contributed by atoms with Gasteiger partial charge in [-0.25, -0.2) is 0 Å². The van der Waals surface area contributed by atoms with Crippen LogP contribution in [0.4, 0.5) is 0 Å². The molecule has 0 atom stereocenters. The molecular formula is C24H30O4. The molecular weight excluding hydrogens is 352 g/mol. The Hall–Kier alpha value is -2.62. The van der Waals surface area contributed by atoms with E-state index < -0.39 is 0 Å². The summed E-state index contributed by atoms with van der Waals surface area (Å²) in [6, 6.07) is 15.0. The largest absolute Gasteiger partial charge is 0.427 e. The summed E-state index contributed by atoms with van der Waals surface area (Å²) in [6.07, 6.45) is 6.66. The Balaban J connectivity index is 1.47. The molecule has 0 fully saturated rings. The molecule has 0 amide bonds. The average molecular weight is 382 g/mol. The summed E-state index contributed by atoms with van der Waals surface area (Å²) in [4.78, 5) is 23.7. The zero-order valence-electron chi connectivity index (χ0n) is 16.9. The molecule has 4 heteroatoms. The van der Waals surface area contributed by atoms with Crippen molar-refractivity contribution in [3.8, 4) is 11.5 Å². The van der Waals surface area contributed by atoms with Crippen LogP contribution < -0.4 is 9.47 Å². The number of aryl methyl sites for hydroxylation is 2. The van der Waals surface area contributed by atoms with Gasteiger partial charge in [0.1, 0.15) is 11.5 Å². The van der Waals surface area contributed by atoms with Gasteiger partial charge in [0.05, 0.1) is 0 Å². The second-order valence-corrected chi connectivity index (χ2v) is 7.20. The van der Waals surface area contributed by atoms with Gasteiger partial charge in [0.2, 0.25) is 0 Å². The summed E-state index contributed by atoms with van der Waals surface area (Å²) in [6.45, 7) is 3.94. The van der Waals surface area contributed by atoms with Crippen LogP contribution in [0.1, 0.15) is 62.5 Å². The summed E-state index contributed by atoms with van der Waals surface area (Å²) in [5, 5.41) is 0. The first-order chi connectivity index (χ1) is 13.5. The van der Waals surface area contributed by atoms with Crippen LogP contribution in [0.25, 0.3) is 0 Å². The number of unbranched alkanes of at least 4 members (excludes halogenated alkanes) is 5. The minimum atomic E-state index is -0.176. The summed E-state index contributed by atoms with van der Waals surface area (Å²) >= 11 is 0. The van der Waals surface area contributed by atoms with Crippen molar-refractivity contribution in [2.24, 2.45) is 0 Å². The standard InChI is InChI=1S/C24H30O4/c1-19-11-9-13-21(17-19)27-23(25)15-7-5-3-4-6-8-16-24(26)28-22-14-10-12-20(2)18-22/h9-14,17-18H,3-8,15-16H2,1-2H3. The first kappa shape index (κ1) is 21.7. The molecule has 150 valence electrons. The Labute approximate surface area is 167 Å². The lowest BCUT2D eigenvalue weighted by Gasteiger charge is -2.06. The zero-order chi connectivity index (χ0) is 20.2. The Bertz CT molecular complexity index is 701. The first-order valence-electron chi connectivity index (χ1n) is 10.1. The van der Waals surface area contributed by atoms with Crippen LogP contribution in [0, 0.1) is 13.8 Å². The molecule has 0 aromatic heterocycles. The first-order valence-corrected chi connectivity index (χ1v) is 10.1. The highest BCUT2D eigenvalue weighted by Crippen LogP contribution is 2.16. The molecule has 0 N–H and O–H groups in total. The van der Waals surface area contributed by atoms with E-state index in [1.54, 1.807) is 12.1 Å². The number of carbonyl (C=O) groups is 2. The Kier molecular flexibility index (Phi) is 9.26.